The molecule has 0 aromatic heterocycles. The molecule has 1 aliphatic heterocycles. The largest absolute Gasteiger partial charge is 0.346 e. The van der Waals surface area contributed by atoms with Crippen molar-refractivity contribution in [1.82, 2.24) is 31.9 Å². The molecular weight excluding hydrogens is 324 g/mol. The second kappa shape index (κ2) is 9.76. The van der Waals surface area contributed by atoms with Gasteiger partial charge < -0.3 is 31.9 Å². The first-order chi connectivity index (χ1) is 11.4. The summed E-state index contributed by atoms with van der Waals surface area (Å²) in [4.78, 5) is 68.5. The van der Waals surface area contributed by atoms with E-state index in [-0.39, 0.29) is 39.3 Å². The van der Waals surface area contributed by atoms with Crippen molar-refractivity contribution < 1.29 is 28.8 Å². The molecule has 0 aliphatic carbocycles. The molecule has 1 saturated heterocycles. The van der Waals surface area contributed by atoms with Gasteiger partial charge in [-0.25, -0.2) is 0 Å². The molecule has 6 N–H and O–H groups in total. The third-order valence-electron chi connectivity index (χ3n) is 2.68. The van der Waals surface area contributed by atoms with Gasteiger partial charge in [-0.15, -0.1) is 0 Å². The Morgan fingerprint density at radius 3 is 0.583 bits per heavy atom. The Labute approximate surface area is 136 Å². The van der Waals surface area contributed by atoms with Crippen LogP contribution >= 0.6 is 0 Å². The molecule has 1 aliphatic rings. The summed E-state index contributed by atoms with van der Waals surface area (Å²) < 4.78 is 0. The lowest BCUT2D eigenvalue weighted by molar-refractivity contribution is -0.130. The van der Waals surface area contributed by atoms with Crippen molar-refractivity contribution in [1.29, 1.82) is 0 Å². The zero-order chi connectivity index (χ0) is 17.9. The molecule has 0 atom stereocenters. The molecule has 0 spiro atoms. The van der Waals surface area contributed by atoms with Gasteiger partial charge in [0.1, 0.15) is 0 Å². The van der Waals surface area contributed by atoms with Gasteiger partial charge in [-0.1, -0.05) is 0 Å². The number of rotatable bonds is 0. The molecule has 1 rings (SSSR count). The quantitative estimate of drug-likeness (QED) is 0.256. The van der Waals surface area contributed by atoms with E-state index in [9.17, 15) is 28.8 Å². The molecule has 1 fully saturated rings. The van der Waals surface area contributed by atoms with Crippen molar-refractivity contribution in [3.05, 3.63) is 0 Å². The van der Waals surface area contributed by atoms with E-state index < -0.39 is 35.4 Å². The number of amides is 6. The Morgan fingerprint density at radius 2 is 0.458 bits per heavy atom. The molecule has 0 aromatic rings. The first-order valence-corrected chi connectivity index (χ1v) is 6.97. The Morgan fingerprint density at radius 1 is 0.333 bits per heavy atom. The summed E-state index contributed by atoms with van der Waals surface area (Å²) in [6.45, 7) is -2.25. The Balaban J connectivity index is 2.56. The molecule has 6 amide bonds. The molecule has 132 valence electrons. The minimum atomic E-state index is -0.609. The van der Waals surface area contributed by atoms with Crippen molar-refractivity contribution in [2.45, 2.75) is 0 Å². The van der Waals surface area contributed by atoms with Gasteiger partial charge in [-0.05, 0) is 0 Å². The highest BCUT2D eigenvalue weighted by atomic mass is 16.2. The predicted molar refractivity (Wildman–Crippen MR) is 78.1 cm³/mol. The Hall–Kier alpha value is -3.18. The smallest absolute Gasteiger partial charge is 0.239 e. The van der Waals surface area contributed by atoms with Crippen LogP contribution in [0.3, 0.4) is 0 Å². The van der Waals surface area contributed by atoms with Crippen molar-refractivity contribution in [2.75, 3.05) is 39.3 Å². The second-order valence-electron chi connectivity index (χ2n) is 4.66. The van der Waals surface area contributed by atoms with E-state index in [1.54, 1.807) is 0 Å². The van der Waals surface area contributed by atoms with E-state index in [2.05, 4.69) is 31.9 Å². The lowest BCUT2D eigenvalue weighted by atomic mass is 10.4. The van der Waals surface area contributed by atoms with Gasteiger partial charge in [0.05, 0.1) is 39.3 Å². The van der Waals surface area contributed by atoms with Crippen molar-refractivity contribution in [2.24, 2.45) is 0 Å². The molecule has 0 unspecified atom stereocenters. The van der Waals surface area contributed by atoms with E-state index >= 15 is 0 Å². The number of carbonyl (C=O) groups excluding carboxylic acids is 6. The van der Waals surface area contributed by atoms with Gasteiger partial charge in [0.25, 0.3) is 0 Å². The van der Waals surface area contributed by atoms with E-state index in [0.717, 1.165) is 0 Å². The number of hydrogen-bond donors (Lipinski definition) is 6. The van der Waals surface area contributed by atoms with Gasteiger partial charge in [-0.3, -0.25) is 28.8 Å². The number of carbonyl (C=O) groups is 6. The lowest BCUT2D eigenvalue weighted by Crippen LogP contribution is -2.48. The standard InChI is InChI=1S/C12H18N6O6/c19-7-1-13-8(20)2-15-10(22)4-17-12(24)6-18-11(23)5-16-9(21)3-14-7/h1-6H2,(H,13,20)(H,14,19)(H,15,22)(H,16,21)(H,17,24)(H,18,23). The average Bonchev–Trinajstić information content (AvgIpc) is 2.56. The van der Waals surface area contributed by atoms with Gasteiger partial charge in [0.15, 0.2) is 0 Å². The third-order valence-corrected chi connectivity index (χ3v) is 2.68. The van der Waals surface area contributed by atoms with Crippen LogP contribution in [0.1, 0.15) is 0 Å². The zero-order valence-electron chi connectivity index (χ0n) is 12.7. The highest BCUT2D eigenvalue weighted by Crippen LogP contribution is 1.74. The van der Waals surface area contributed by atoms with Crippen molar-refractivity contribution >= 4 is 35.4 Å². The summed E-state index contributed by atoms with van der Waals surface area (Å²) in [6, 6.07) is 0. The summed E-state index contributed by atoms with van der Waals surface area (Å²) in [5.41, 5.74) is 0. The summed E-state index contributed by atoms with van der Waals surface area (Å²) in [7, 11) is 0. The van der Waals surface area contributed by atoms with Crippen molar-refractivity contribution in [3.8, 4) is 0 Å². The van der Waals surface area contributed by atoms with Gasteiger partial charge in [0, 0.05) is 0 Å². The fourth-order valence-electron chi connectivity index (χ4n) is 1.45. The molecule has 12 nitrogen and oxygen atoms in total. The monoisotopic (exact) mass is 342 g/mol. The fourth-order valence-corrected chi connectivity index (χ4v) is 1.45. The van der Waals surface area contributed by atoms with Gasteiger partial charge >= 0.3 is 0 Å². The maximum absolute atomic E-state index is 11.4. The van der Waals surface area contributed by atoms with E-state index in [0.29, 0.717) is 0 Å². The summed E-state index contributed by atoms with van der Waals surface area (Å²) in [5, 5.41) is 13.4. The maximum Gasteiger partial charge on any atom is 0.239 e. The minimum absolute atomic E-state index is 0.376. The summed E-state index contributed by atoms with van der Waals surface area (Å²) in [6.07, 6.45) is 0. The maximum atomic E-state index is 11.4. The molecule has 0 aromatic carbocycles. The fraction of sp³-hybridized carbons (Fsp3) is 0.500. The van der Waals surface area contributed by atoms with Gasteiger partial charge in [-0.2, -0.15) is 0 Å². The average molecular weight is 342 g/mol. The first kappa shape index (κ1) is 18.9. The SMILES string of the molecule is O=C1CNC(=O)CNC(=O)CNC(=O)CNC(=O)CNC(=O)CN1. The Kier molecular flexibility index (Phi) is 7.67. The van der Waals surface area contributed by atoms with Crippen LogP contribution in [-0.2, 0) is 28.8 Å². The molecule has 0 bridgehead atoms. The van der Waals surface area contributed by atoms with Crippen LogP contribution in [0.4, 0.5) is 0 Å². The number of hydrogen-bond acceptors (Lipinski definition) is 6. The Bertz CT molecular complexity index is 388. The van der Waals surface area contributed by atoms with E-state index in [4.69, 9.17) is 0 Å². The zero-order valence-corrected chi connectivity index (χ0v) is 12.7. The topological polar surface area (TPSA) is 175 Å². The van der Waals surface area contributed by atoms with Crippen LogP contribution < -0.4 is 31.9 Å². The van der Waals surface area contributed by atoms with Crippen LogP contribution in [0.5, 0.6) is 0 Å². The minimum Gasteiger partial charge on any atom is -0.346 e. The molecule has 1 heterocycles. The molecule has 0 saturated carbocycles. The van der Waals surface area contributed by atoms with E-state index in [1.807, 2.05) is 0 Å². The summed E-state index contributed by atoms with van der Waals surface area (Å²) >= 11 is 0. The second-order valence-corrected chi connectivity index (χ2v) is 4.66. The third kappa shape index (κ3) is 8.31. The summed E-state index contributed by atoms with van der Waals surface area (Å²) in [5.74, 6) is -3.65. The van der Waals surface area contributed by atoms with Crippen LogP contribution in [0, 0.1) is 0 Å². The van der Waals surface area contributed by atoms with Gasteiger partial charge in [0.2, 0.25) is 35.4 Å². The predicted octanol–water partition coefficient (Wildman–Crippen LogP) is -5.30. The van der Waals surface area contributed by atoms with Crippen LogP contribution in [-0.4, -0.2) is 74.7 Å². The molecule has 12 heteroatoms. The lowest BCUT2D eigenvalue weighted by Gasteiger charge is -2.10. The normalized spacial score (nSPS) is 19.5. The molecule has 0 radical (unpaired) electrons. The molecule has 24 heavy (non-hydrogen) atoms. The molecular formula is C12H18N6O6. The van der Waals surface area contributed by atoms with E-state index in [1.165, 1.54) is 0 Å². The highest BCUT2D eigenvalue weighted by Gasteiger charge is 2.12. The first-order valence-electron chi connectivity index (χ1n) is 6.97. The van der Waals surface area contributed by atoms with Crippen LogP contribution in [0.25, 0.3) is 0 Å². The van der Waals surface area contributed by atoms with Crippen LogP contribution in [0.2, 0.25) is 0 Å². The highest BCUT2D eigenvalue weighted by molar-refractivity contribution is 5.93. The number of nitrogens with one attached hydrogen (secondary N) is 6. The van der Waals surface area contributed by atoms with Crippen LogP contribution in [0.15, 0.2) is 0 Å². The van der Waals surface area contributed by atoms with Crippen molar-refractivity contribution in [3.63, 3.8) is 0 Å².